The van der Waals surface area contributed by atoms with E-state index in [0.29, 0.717) is 5.92 Å². The fourth-order valence-electron chi connectivity index (χ4n) is 2.64. The number of carbonyl (C=O) groups is 1. The van der Waals surface area contributed by atoms with Crippen LogP contribution in [-0.4, -0.2) is 11.1 Å². The minimum absolute atomic E-state index is 0.185. The minimum Gasteiger partial charge on any atom is -0.481 e. The number of carboxylic acid groups (broad SMARTS) is 1. The van der Waals surface area contributed by atoms with Gasteiger partial charge in [-0.1, -0.05) is 34.6 Å². The van der Waals surface area contributed by atoms with Crippen LogP contribution < -0.4 is 0 Å². The molecule has 1 rings (SSSR count). The summed E-state index contributed by atoms with van der Waals surface area (Å²) in [6, 6.07) is 0. The second-order valence-corrected chi connectivity index (χ2v) is 5.05. The van der Waals surface area contributed by atoms with Gasteiger partial charge in [0, 0.05) is 0 Å². The van der Waals surface area contributed by atoms with Gasteiger partial charge < -0.3 is 5.11 Å². The molecule has 0 radical (unpaired) electrons. The van der Waals surface area contributed by atoms with Crippen molar-refractivity contribution in [2.24, 2.45) is 22.7 Å². The standard InChI is InChI=1S/C10H18O2/c1-6(8(11)12)7-9(2,3)10(7,4)5/h6-7H,1-5H3,(H,11,12)/t6-/m1/s1. The molecule has 0 saturated heterocycles. The smallest absolute Gasteiger partial charge is 0.306 e. The van der Waals surface area contributed by atoms with Crippen molar-refractivity contribution >= 4 is 5.97 Å². The molecule has 0 unspecified atom stereocenters. The minimum atomic E-state index is -0.668. The lowest BCUT2D eigenvalue weighted by molar-refractivity contribution is -0.142. The van der Waals surface area contributed by atoms with Crippen molar-refractivity contribution in [2.45, 2.75) is 34.6 Å². The van der Waals surface area contributed by atoms with E-state index in [1.165, 1.54) is 0 Å². The lowest BCUT2D eigenvalue weighted by Gasteiger charge is -2.06. The van der Waals surface area contributed by atoms with E-state index in [-0.39, 0.29) is 16.7 Å². The normalized spacial score (nSPS) is 28.1. The Kier molecular flexibility index (Phi) is 1.78. The van der Waals surface area contributed by atoms with Crippen molar-refractivity contribution in [3.8, 4) is 0 Å². The third-order valence-electron chi connectivity index (χ3n) is 4.02. The second-order valence-electron chi connectivity index (χ2n) is 5.05. The molecule has 0 amide bonds. The summed E-state index contributed by atoms with van der Waals surface area (Å²) in [5.41, 5.74) is 0.371. The summed E-state index contributed by atoms with van der Waals surface area (Å²) in [4.78, 5) is 10.8. The molecule has 1 aliphatic rings. The van der Waals surface area contributed by atoms with Gasteiger partial charge in [-0.2, -0.15) is 0 Å². The van der Waals surface area contributed by atoms with Crippen molar-refractivity contribution < 1.29 is 9.90 Å². The van der Waals surface area contributed by atoms with E-state index in [1.54, 1.807) is 0 Å². The Balaban J connectivity index is 2.77. The van der Waals surface area contributed by atoms with Crippen LogP contribution in [0.2, 0.25) is 0 Å². The highest BCUT2D eigenvalue weighted by Gasteiger charge is 2.67. The van der Waals surface area contributed by atoms with Crippen LogP contribution in [0.25, 0.3) is 0 Å². The highest BCUT2D eigenvalue weighted by molar-refractivity contribution is 5.71. The molecule has 0 aromatic carbocycles. The van der Waals surface area contributed by atoms with Crippen molar-refractivity contribution in [1.29, 1.82) is 0 Å². The van der Waals surface area contributed by atoms with Gasteiger partial charge in [0.15, 0.2) is 0 Å². The van der Waals surface area contributed by atoms with Gasteiger partial charge in [0.2, 0.25) is 0 Å². The van der Waals surface area contributed by atoms with Gasteiger partial charge in [-0.25, -0.2) is 0 Å². The number of hydrogen-bond acceptors (Lipinski definition) is 1. The summed E-state index contributed by atoms with van der Waals surface area (Å²) in [5, 5.41) is 8.86. The van der Waals surface area contributed by atoms with E-state index in [2.05, 4.69) is 27.7 Å². The lowest BCUT2D eigenvalue weighted by Crippen LogP contribution is -2.15. The van der Waals surface area contributed by atoms with Crippen LogP contribution in [-0.2, 0) is 4.79 Å². The Hall–Kier alpha value is -0.530. The molecule has 0 bridgehead atoms. The number of rotatable bonds is 2. The van der Waals surface area contributed by atoms with Crippen LogP contribution in [0.5, 0.6) is 0 Å². The highest BCUT2D eigenvalue weighted by atomic mass is 16.4. The first-order valence-corrected chi connectivity index (χ1v) is 4.45. The van der Waals surface area contributed by atoms with Crippen molar-refractivity contribution in [3.63, 3.8) is 0 Å². The monoisotopic (exact) mass is 170 g/mol. The van der Waals surface area contributed by atoms with Gasteiger partial charge in [0.1, 0.15) is 0 Å². The second kappa shape index (κ2) is 2.24. The molecule has 1 saturated carbocycles. The highest BCUT2D eigenvalue weighted by Crippen LogP contribution is 2.71. The van der Waals surface area contributed by atoms with Gasteiger partial charge in [0.05, 0.1) is 5.92 Å². The van der Waals surface area contributed by atoms with Gasteiger partial charge in [-0.15, -0.1) is 0 Å². The first-order chi connectivity index (χ1) is 5.23. The first-order valence-electron chi connectivity index (χ1n) is 4.45. The molecular weight excluding hydrogens is 152 g/mol. The van der Waals surface area contributed by atoms with Crippen LogP contribution in [0, 0.1) is 22.7 Å². The molecule has 0 spiro atoms. The third-order valence-corrected chi connectivity index (χ3v) is 4.02. The Bertz CT molecular complexity index is 202. The molecule has 12 heavy (non-hydrogen) atoms. The Morgan fingerprint density at radius 1 is 1.25 bits per heavy atom. The molecule has 1 atom stereocenters. The summed E-state index contributed by atoms with van der Waals surface area (Å²) in [6.45, 7) is 10.4. The Morgan fingerprint density at radius 3 is 1.67 bits per heavy atom. The summed E-state index contributed by atoms with van der Waals surface area (Å²) >= 11 is 0. The molecule has 1 aliphatic carbocycles. The van der Waals surface area contributed by atoms with Crippen molar-refractivity contribution in [1.82, 2.24) is 0 Å². The number of hydrogen-bond donors (Lipinski definition) is 1. The zero-order valence-electron chi connectivity index (χ0n) is 8.51. The molecule has 0 aliphatic heterocycles. The van der Waals surface area contributed by atoms with E-state index in [4.69, 9.17) is 5.11 Å². The topological polar surface area (TPSA) is 37.3 Å². The van der Waals surface area contributed by atoms with Crippen LogP contribution in [0.15, 0.2) is 0 Å². The molecule has 2 nitrogen and oxygen atoms in total. The Labute approximate surface area is 74.0 Å². The van der Waals surface area contributed by atoms with Crippen LogP contribution in [0.1, 0.15) is 34.6 Å². The van der Waals surface area contributed by atoms with Crippen molar-refractivity contribution in [2.75, 3.05) is 0 Å². The van der Waals surface area contributed by atoms with E-state index < -0.39 is 5.97 Å². The Morgan fingerprint density at radius 2 is 1.58 bits per heavy atom. The maximum absolute atomic E-state index is 10.8. The van der Waals surface area contributed by atoms with E-state index in [0.717, 1.165) is 0 Å². The molecule has 2 heteroatoms. The number of aliphatic carboxylic acids is 1. The fraction of sp³-hybridized carbons (Fsp3) is 0.900. The van der Waals surface area contributed by atoms with Gasteiger partial charge >= 0.3 is 5.97 Å². The van der Waals surface area contributed by atoms with Crippen LogP contribution in [0.4, 0.5) is 0 Å². The fourth-order valence-corrected chi connectivity index (χ4v) is 2.64. The molecule has 1 N–H and O–H groups in total. The molecule has 1 fully saturated rings. The third kappa shape index (κ3) is 0.970. The average molecular weight is 170 g/mol. The molecule has 0 aromatic heterocycles. The van der Waals surface area contributed by atoms with Gasteiger partial charge in [-0.3, -0.25) is 4.79 Å². The number of carboxylic acids is 1. The van der Waals surface area contributed by atoms with Gasteiger partial charge in [0.25, 0.3) is 0 Å². The van der Waals surface area contributed by atoms with E-state index >= 15 is 0 Å². The largest absolute Gasteiger partial charge is 0.481 e. The summed E-state index contributed by atoms with van der Waals surface area (Å²) < 4.78 is 0. The predicted molar refractivity (Wildman–Crippen MR) is 47.9 cm³/mol. The van der Waals surface area contributed by atoms with Gasteiger partial charge in [-0.05, 0) is 16.7 Å². The van der Waals surface area contributed by atoms with Crippen LogP contribution >= 0.6 is 0 Å². The van der Waals surface area contributed by atoms with Crippen LogP contribution in [0.3, 0.4) is 0 Å². The van der Waals surface area contributed by atoms with Crippen molar-refractivity contribution in [3.05, 3.63) is 0 Å². The molecular formula is C10H18O2. The molecule has 70 valence electrons. The average Bonchev–Trinajstić information content (AvgIpc) is 2.23. The SMILES string of the molecule is C[C@@H](C(=O)O)C1C(C)(C)C1(C)C. The van der Waals surface area contributed by atoms with E-state index in [1.807, 2.05) is 6.92 Å². The predicted octanol–water partition coefficient (Wildman–Crippen LogP) is 2.39. The quantitative estimate of drug-likeness (QED) is 0.691. The summed E-state index contributed by atoms with van der Waals surface area (Å²) in [7, 11) is 0. The summed E-state index contributed by atoms with van der Waals surface area (Å²) in [5.74, 6) is -0.559. The van der Waals surface area contributed by atoms with E-state index in [9.17, 15) is 4.79 Å². The summed E-state index contributed by atoms with van der Waals surface area (Å²) in [6.07, 6.45) is 0. The zero-order valence-corrected chi connectivity index (χ0v) is 8.51. The molecule has 0 heterocycles. The zero-order chi connectivity index (χ0) is 9.73. The first kappa shape index (κ1) is 9.56. The lowest BCUT2D eigenvalue weighted by atomic mass is 9.99. The molecule has 0 aromatic rings. The maximum Gasteiger partial charge on any atom is 0.306 e. The maximum atomic E-state index is 10.8.